The minimum absolute atomic E-state index is 0.493. The Kier molecular flexibility index (Phi) is 4.38. The number of aliphatic hydroxyl groups is 1. The molecule has 2 aromatic rings. The lowest BCUT2D eigenvalue weighted by Crippen LogP contribution is -2.08. The van der Waals surface area contributed by atoms with E-state index in [2.05, 4.69) is 50.0 Å². The third kappa shape index (κ3) is 3.24. The molecular formula is C16H22N2O. The summed E-state index contributed by atoms with van der Waals surface area (Å²) in [7, 11) is 0. The molecule has 0 bridgehead atoms. The van der Waals surface area contributed by atoms with Gasteiger partial charge in [0.15, 0.2) is 0 Å². The highest BCUT2D eigenvalue weighted by molar-refractivity contribution is 5.25. The van der Waals surface area contributed by atoms with Crippen molar-refractivity contribution >= 4 is 0 Å². The Morgan fingerprint density at radius 2 is 1.89 bits per heavy atom. The van der Waals surface area contributed by atoms with E-state index in [9.17, 15) is 5.11 Å². The number of benzene rings is 1. The summed E-state index contributed by atoms with van der Waals surface area (Å²) in [4.78, 5) is 4.10. The fraction of sp³-hybridized carbons (Fsp3) is 0.438. The molecule has 0 aliphatic rings. The zero-order valence-electron chi connectivity index (χ0n) is 11.9. The van der Waals surface area contributed by atoms with Crippen molar-refractivity contribution < 1.29 is 5.11 Å². The third-order valence-electron chi connectivity index (χ3n) is 3.50. The number of rotatable bonds is 5. The summed E-state index contributed by atoms with van der Waals surface area (Å²) in [6.07, 6.45) is 3.65. The zero-order chi connectivity index (χ0) is 13.8. The molecule has 2 rings (SSSR count). The van der Waals surface area contributed by atoms with Gasteiger partial charge in [-0.3, -0.25) is 0 Å². The fourth-order valence-electron chi connectivity index (χ4n) is 2.24. The summed E-state index contributed by atoms with van der Waals surface area (Å²) in [6.45, 7) is 7.25. The van der Waals surface area contributed by atoms with Crippen molar-refractivity contribution in [3.05, 3.63) is 53.6 Å². The molecule has 1 atom stereocenters. The molecule has 0 aliphatic heterocycles. The third-order valence-corrected chi connectivity index (χ3v) is 3.50. The second-order valence-corrected chi connectivity index (χ2v) is 5.22. The van der Waals surface area contributed by atoms with Gasteiger partial charge < -0.3 is 9.67 Å². The van der Waals surface area contributed by atoms with Crippen molar-refractivity contribution in [1.29, 1.82) is 0 Å². The first-order chi connectivity index (χ1) is 9.11. The first-order valence-corrected chi connectivity index (χ1v) is 6.88. The van der Waals surface area contributed by atoms with Gasteiger partial charge in [-0.1, -0.05) is 38.1 Å². The molecule has 1 N–H and O–H groups in total. The SMILES string of the molecule is CCn1cncc1C(O)Cc1ccc(C(C)C)cc1. The van der Waals surface area contributed by atoms with E-state index < -0.39 is 6.10 Å². The molecule has 19 heavy (non-hydrogen) atoms. The quantitative estimate of drug-likeness (QED) is 0.893. The van der Waals surface area contributed by atoms with Crippen LogP contribution in [0, 0.1) is 0 Å². The Balaban J connectivity index is 2.08. The summed E-state index contributed by atoms with van der Waals surface area (Å²) >= 11 is 0. The monoisotopic (exact) mass is 258 g/mol. The Hall–Kier alpha value is -1.61. The molecule has 0 fully saturated rings. The highest BCUT2D eigenvalue weighted by Crippen LogP contribution is 2.20. The van der Waals surface area contributed by atoms with E-state index in [1.54, 1.807) is 12.5 Å². The van der Waals surface area contributed by atoms with E-state index in [0.717, 1.165) is 17.8 Å². The van der Waals surface area contributed by atoms with Crippen LogP contribution in [0.1, 0.15) is 49.6 Å². The lowest BCUT2D eigenvalue weighted by atomic mass is 9.99. The minimum atomic E-state index is -0.493. The van der Waals surface area contributed by atoms with E-state index in [0.29, 0.717) is 12.3 Å². The van der Waals surface area contributed by atoms with Crippen LogP contribution in [0.5, 0.6) is 0 Å². The van der Waals surface area contributed by atoms with Crippen LogP contribution in [0.15, 0.2) is 36.8 Å². The maximum absolute atomic E-state index is 10.3. The maximum atomic E-state index is 10.3. The van der Waals surface area contributed by atoms with Crippen molar-refractivity contribution in [2.24, 2.45) is 0 Å². The molecule has 0 saturated heterocycles. The van der Waals surface area contributed by atoms with E-state index >= 15 is 0 Å². The zero-order valence-corrected chi connectivity index (χ0v) is 11.9. The summed E-state index contributed by atoms with van der Waals surface area (Å²) in [5.74, 6) is 0.542. The average molecular weight is 258 g/mol. The van der Waals surface area contributed by atoms with Crippen molar-refractivity contribution in [1.82, 2.24) is 9.55 Å². The van der Waals surface area contributed by atoms with Crippen molar-refractivity contribution in [3.8, 4) is 0 Å². The molecule has 1 aromatic heterocycles. The molecule has 0 saturated carbocycles. The van der Waals surface area contributed by atoms with Crippen molar-refractivity contribution in [2.45, 2.75) is 45.8 Å². The second-order valence-electron chi connectivity index (χ2n) is 5.22. The number of aliphatic hydroxyl groups excluding tert-OH is 1. The van der Waals surface area contributed by atoms with Gasteiger partial charge in [0.1, 0.15) is 0 Å². The highest BCUT2D eigenvalue weighted by atomic mass is 16.3. The van der Waals surface area contributed by atoms with Gasteiger partial charge in [-0.05, 0) is 24.0 Å². The first-order valence-electron chi connectivity index (χ1n) is 6.88. The largest absolute Gasteiger partial charge is 0.386 e. The van der Waals surface area contributed by atoms with Crippen LogP contribution in [0.25, 0.3) is 0 Å². The summed E-state index contributed by atoms with van der Waals surface area (Å²) in [6, 6.07) is 8.49. The van der Waals surface area contributed by atoms with Gasteiger partial charge in [-0.15, -0.1) is 0 Å². The number of imidazole rings is 1. The highest BCUT2D eigenvalue weighted by Gasteiger charge is 2.13. The van der Waals surface area contributed by atoms with Gasteiger partial charge >= 0.3 is 0 Å². The Labute approximate surface area is 114 Å². The van der Waals surface area contributed by atoms with Crippen LogP contribution >= 0.6 is 0 Å². The molecule has 1 aromatic carbocycles. The van der Waals surface area contributed by atoms with Gasteiger partial charge in [0.2, 0.25) is 0 Å². The predicted molar refractivity (Wildman–Crippen MR) is 77.1 cm³/mol. The Morgan fingerprint density at radius 1 is 1.21 bits per heavy atom. The number of nitrogens with zero attached hydrogens (tertiary/aromatic N) is 2. The molecule has 0 amide bonds. The Bertz CT molecular complexity index is 514. The van der Waals surface area contributed by atoms with Crippen molar-refractivity contribution in [3.63, 3.8) is 0 Å². The van der Waals surface area contributed by atoms with Gasteiger partial charge in [-0.25, -0.2) is 4.98 Å². The number of hydrogen-bond donors (Lipinski definition) is 1. The normalized spacial score (nSPS) is 12.9. The molecule has 0 radical (unpaired) electrons. The number of hydrogen-bond acceptors (Lipinski definition) is 2. The minimum Gasteiger partial charge on any atom is -0.386 e. The number of aromatic nitrogens is 2. The summed E-state index contributed by atoms with van der Waals surface area (Å²) in [5.41, 5.74) is 3.37. The van der Waals surface area contributed by atoms with Gasteiger partial charge in [0.25, 0.3) is 0 Å². The molecule has 0 aliphatic carbocycles. The Morgan fingerprint density at radius 3 is 2.47 bits per heavy atom. The average Bonchev–Trinajstić information content (AvgIpc) is 2.87. The van der Waals surface area contributed by atoms with Crippen LogP contribution in [0.3, 0.4) is 0 Å². The molecule has 3 nitrogen and oxygen atoms in total. The van der Waals surface area contributed by atoms with E-state index in [4.69, 9.17) is 0 Å². The molecule has 102 valence electrons. The molecule has 1 unspecified atom stereocenters. The van der Waals surface area contributed by atoms with Crippen LogP contribution < -0.4 is 0 Å². The summed E-state index contributed by atoms with van der Waals surface area (Å²) in [5, 5.41) is 10.3. The van der Waals surface area contributed by atoms with E-state index in [1.807, 2.05) is 4.57 Å². The van der Waals surface area contributed by atoms with E-state index in [1.165, 1.54) is 5.56 Å². The lowest BCUT2D eigenvalue weighted by Gasteiger charge is -2.13. The molecule has 0 spiro atoms. The topological polar surface area (TPSA) is 38.0 Å². The second kappa shape index (κ2) is 6.02. The molecular weight excluding hydrogens is 236 g/mol. The first kappa shape index (κ1) is 13.8. The predicted octanol–water partition coefficient (Wildman–Crippen LogP) is 3.30. The lowest BCUT2D eigenvalue weighted by molar-refractivity contribution is 0.169. The van der Waals surface area contributed by atoms with Gasteiger partial charge in [0.05, 0.1) is 24.3 Å². The maximum Gasteiger partial charge on any atom is 0.0995 e. The van der Waals surface area contributed by atoms with Crippen LogP contribution in [0.2, 0.25) is 0 Å². The summed E-state index contributed by atoms with van der Waals surface area (Å²) < 4.78 is 1.98. The van der Waals surface area contributed by atoms with Crippen LogP contribution in [0.4, 0.5) is 0 Å². The van der Waals surface area contributed by atoms with Gasteiger partial charge in [0, 0.05) is 13.0 Å². The van der Waals surface area contributed by atoms with Crippen molar-refractivity contribution in [2.75, 3.05) is 0 Å². The van der Waals surface area contributed by atoms with Gasteiger partial charge in [-0.2, -0.15) is 0 Å². The smallest absolute Gasteiger partial charge is 0.0995 e. The fourth-order valence-corrected chi connectivity index (χ4v) is 2.24. The molecule has 1 heterocycles. The number of aryl methyl sites for hydroxylation is 1. The standard InChI is InChI=1S/C16H22N2O/c1-4-18-11-17-10-15(18)16(19)9-13-5-7-14(8-6-13)12(2)3/h5-8,10-12,16,19H,4,9H2,1-3H3. The van der Waals surface area contributed by atoms with E-state index in [-0.39, 0.29) is 0 Å². The van der Waals surface area contributed by atoms with Crippen LogP contribution in [-0.2, 0) is 13.0 Å². The van der Waals surface area contributed by atoms with Crippen LogP contribution in [-0.4, -0.2) is 14.7 Å². The molecule has 3 heteroatoms.